The zero-order valence-corrected chi connectivity index (χ0v) is 11.2. The number of fused-ring (bicyclic) bond motifs is 1. The maximum Gasteiger partial charge on any atom is 0.117 e. The van der Waals surface area contributed by atoms with Gasteiger partial charge in [-0.1, -0.05) is 58.4 Å². The Balaban J connectivity index is 2.31. The van der Waals surface area contributed by atoms with Gasteiger partial charge in [0, 0.05) is 4.47 Å². The molecular formula is C16H11BrO. The van der Waals surface area contributed by atoms with Gasteiger partial charge in [0.05, 0.1) is 0 Å². The lowest BCUT2D eigenvalue weighted by Crippen LogP contribution is -1.81. The fraction of sp³-hybridized carbons (Fsp3) is 0. The van der Waals surface area contributed by atoms with Crippen molar-refractivity contribution in [1.29, 1.82) is 0 Å². The molecule has 0 aromatic heterocycles. The molecule has 1 nitrogen and oxygen atoms in total. The minimum Gasteiger partial charge on any atom is -0.508 e. The summed E-state index contributed by atoms with van der Waals surface area (Å²) in [6.07, 6.45) is 0. The Morgan fingerprint density at radius 2 is 1.61 bits per heavy atom. The fourth-order valence-corrected chi connectivity index (χ4v) is 2.69. The maximum absolute atomic E-state index is 9.70. The average Bonchev–Trinajstić information content (AvgIpc) is 2.37. The van der Waals surface area contributed by atoms with Gasteiger partial charge in [-0.25, -0.2) is 0 Å². The van der Waals surface area contributed by atoms with E-state index in [-0.39, 0.29) is 5.75 Å². The Morgan fingerprint density at radius 1 is 0.833 bits per heavy atom. The Labute approximate surface area is 114 Å². The van der Waals surface area contributed by atoms with Gasteiger partial charge in [-0.05, 0) is 40.1 Å². The highest BCUT2D eigenvalue weighted by atomic mass is 79.9. The molecule has 18 heavy (non-hydrogen) atoms. The predicted octanol–water partition coefficient (Wildman–Crippen LogP) is 4.97. The van der Waals surface area contributed by atoms with Crippen LogP contribution in [0.4, 0.5) is 0 Å². The summed E-state index contributed by atoms with van der Waals surface area (Å²) in [5.74, 6) is 0.271. The third-order valence-electron chi connectivity index (χ3n) is 2.98. The first-order valence-electron chi connectivity index (χ1n) is 5.72. The summed E-state index contributed by atoms with van der Waals surface area (Å²) in [5, 5.41) is 12.1. The van der Waals surface area contributed by atoms with Crippen molar-refractivity contribution in [2.75, 3.05) is 0 Å². The van der Waals surface area contributed by atoms with Crippen LogP contribution in [0.1, 0.15) is 0 Å². The van der Waals surface area contributed by atoms with Crippen molar-refractivity contribution in [1.82, 2.24) is 0 Å². The van der Waals surface area contributed by atoms with Crippen molar-refractivity contribution in [3.63, 3.8) is 0 Å². The van der Waals surface area contributed by atoms with Crippen molar-refractivity contribution >= 4 is 26.7 Å². The number of rotatable bonds is 1. The van der Waals surface area contributed by atoms with E-state index >= 15 is 0 Å². The smallest absolute Gasteiger partial charge is 0.117 e. The number of phenolic OH excluding ortho intramolecular Hbond substituents is 1. The summed E-state index contributed by atoms with van der Waals surface area (Å²) < 4.78 is 0.880. The molecule has 2 heteroatoms. The summed E-state index contributed by atoms with van der Waals surface area (Å²) in [6.45, 7) is 0. The van der Waals surface area contributed by atoms with Crippen LogP contribution in [-0.2, 0) is 0 Å². The van der Waals surface area contributed by atoms with Crippen LogP contribution in [0.15, 0.2) is 65.1 Å². The molecule has 3 aromatic rings. The Hall–Kier alpha value is -1.80. The molecule has 1 N–H and O–H groups in total. The topological polar surface area (TPSA) is 20.2 Å². The van der Waals surface area contributed by atoms with Crippen molar-refractivity contribution in [2.24, 2.45) is 0 Å². The van der Waals surface area contributed by atoms with E-state index in [9.17, 15) is 5.11 Å². The second-order valence-electron chi connectivity index (χ2n) is 4.22. The van der Waals surface area contributed by atoms with Crippen LogP contribution in [0, 0.1) is 0 Å². The zero-order valence-electron chi connectivity index (χ0n) is 9.60. The van der Waals surface area contributed by atoms with Gasteiger partial charge < -0.3 is 5.11 Å². The summed E-state index contributed by atoms with van der Waals surface area (Å²) in [5.41, 5.74) is 2.14. The third-order valence-corrected chi connectivity index (χ3v) is 3.44. The third kappa shape index (κ3) is 2.00. The molecule has 0 aliphatic heterocycles. The molecule has 3 aromatic carbocycles. The van der Waals surface area contributed by atoms with E-state index in [1.807, 2.05) is 24.3 Å². The van der Waals surface area contributed by atoms with Gasteiger partial charge in [0.2, 0.25) is 0 Å². The van der Waals surface area contributed by atoms with Crippen molar-refractivity contribution < 1.29 is 5.11 Å². The first-order valence-corrected chi connectivity index (χ1v) is 6.51. The summed E-state index contributed by atoms with van der Waals surface area (Å²) >= 11 is 3.41. The number of phenols is 1. The lowest BCUT2D eigenvalue weighted by molar-refractivity contribution is 0.475. The molecule has 0 spiro atoms. The van der Waals surface area contributed by atoms with Crippen molar-refractivity contribution in [3.05, 3.63) is 65.1 Å². The quantitative estimate of drug-likeness (QED) is 0.672. The first-order chi connectivity index (χ1) is 8.74. The van der Waals surface area contributed by atoms with E-state index in [4.69, 9.17) is 0 Å². The van der Waals surface area contributed by atoms with E-state index in [2.05, 4.69) is 40.2 Å². The molecule has 0 atom stereocenters. The number of halogens is 1. The molecule has 0 saturated carbocycles. The number of aromatic hydroxyl groups is 1. The van der Waals surface area contributed by atoms with E-state index < -0.39 is 0 Å². The SMILES string of the molecule is Oc1cc(Br)cc(-c2cccc3ccccc23)c1. The lowest BCUT2D eigenvalue weighted by Gasteiger charge is -2.08. The highest BCUT2D eigenvalue weighted by molar-refractivity contribution is 9.10. The minimum absolute atomic E-state index is 0.271. The van der Waals surface area contributed by atoms with Crippen molar-refractivity contribution in [2.45, 2.75) is 0 Å². The molecular weight excluding hydrogens is 288 g/mol. The monoisotopic (exact) mass is 298 g/mol. The number of benzene rings is 3. The molecule has 0 aliphatic rings. The standard InChI is InChI=1S/C16H11BrO/c17-13-8-12(9-14(18)10-13)16-7-3-5-11-4-1-2-6-15(11)16/h1-10,18H. The summed E-state index contributed by atoms with van der Waals surface area (Å²) in [4.78, 5) is 0. The van der Waals surface area contributed by atoms with Crippen LogP contribution in [0.3, 0.4) is 0 Å². The summed E-state index contributed by atoms with van der Waals surface area (Å²) in [7, 11) is 0. The second-order valence-corrected chi connectivity index (χ2v) is 5.14. The van der Waals surface area contributed by atoms with Crippen LogP contribution in [0.5, 0.6) is 5.75 Å². The van der Waals surface area contributed by atoms with E-state index in [0.29, 0.717) is 0 Å². The molecule has 0 aliphatic carbocycles. The first kappa shape index (κ1) is 11.3. The van der Waals surface area contributed by atoms with Gasteiger partial charge in [-0.2, -0.15) is 0 Å². The van der Waals surface area contributed by atoms with Crippen molar-refractivity contribution in [3.8, 4) is 16.9 Å². The molecule has 0 bridgehead atoms. The lowest BCUT2D eigenvalue weighted by atomic mass is 9.98. The number of hydrogen-bond acceptors (Lipinski definition) is 1. The zero-order chi connectivity index (χ0) is 12.5. The highest BCUT2D eigenvalue weighted by Crippen LogP contribution is 2.32. The normalized spacial score (nSPS) is 10.7. The molecule has 0 heterocycles. The Bertz CT molecular complexity index is 694. The summed E-state index contributed by atoms with van der Waals surface area (Å²) in [6, 6.07) is 20.0. The largest absolute Gasteiger partial charge is 0.508 e. The van der Waals surface area contributed by atoms with Crippen LogP contribution >= 0.6 is 15.9 Å². The van der Waals surface area contributed by atoms with Gasteiger partial charge in [0.1, 0.15) is 5.75 Å². The number of hydrogen-bond donors (Lipinski definition) is 1. The molecule has 0 amide bonds. The minimum atomic E-state index is 0.271. The molecule has 0 saturated heterocycles. The Kier molecular flexibility index (Phi) is 2.80. The van der Waals surface area contributed by atoms with Crippen LogP contribution < -0.4 is 0 Å². The molecule has 0 unspecified atom stereocenters. The molecule has 0 fully saturated rings. The van der Waals surface area contributed by atoms with Gasteiger partial charge in [0.25, 0.3) is 0 Å². The molecule has 3 rings (SSSR count). The van der Waals surface area contributed by atoms with Crippen LogP contribution in [0.2, 0.25) is 0 Å². The molecule has 0 radical (unpaired) electrons. The van der Waals surface area contributed by atoms with E-state index in [0.717, 1.165) is 15.6 Å². The van der Waals surface area contributed by atoms with Gasteiger partial charge in [-0.15, -0.1) is 0 Å². The second kappa shape index (κ2) is 4.46. The Morgan fingerprint density at radius 3 is 2.44 bits per heavy atom. The predicted molar refractivity (Wildman–Crippen MR) is 78.7 cm³/mol. The van der Waals surface area contributed by atoms with Crippen LogP contribution in [-0.4, -0.2) is 5.11 Å². The molecule has 88 valence electrons. The van der Waals surface area contributed by atoms with Gasteiger partial charge in [-0.3, -0.25) is 0 Å². The van der Waals surface area contributed by atoms with Gasteiger partial charge >= 0.3 is 0 Å². The highest BCUT2D eigenvalue weighted by Gasteiger charge is 2.05. The average molecular weight is 299 g/mol. The van der Waals surface area contributed by atoms with E-state index in [1.54, 1.807) is 12.1 Å². The van der Waals surface area contributed by atoms with Gasteiger partial charge in [0.15, 0.2) is 0 Å². The van der Waals surface area contributed by atoms with E-state index in [1.165, 1.54) is 10.8 Å². The van der Waals surface area contributed by atoms with Crippen LogP contribution in [0.25, 0.3) is 21.9 Å². The maximum atomic E-state index is 9.70. The fourth-order valence-electron chi connectivity index (χ4n) is 2.21.